The smallest absolute Gasteiger partial charge is 0.315 e. The molecule has 5 nitrogen and oxygen atoms in total. The second kappa shape index (κ2) is 8.06. The van der Waals surface area contributed by atoms with E-state index in [1.165, 1.54) is 0 Å². The maximum absolute atomic E-state index is 12.3. The van der Waals surface area contributed by atoms with E-state index < -0.39 is 6.43 Å². The molecule has 0 aromatic rings. The first kappa shape index (κ1) is 17.4. The molecule has 7 heteroatoms. The van der Waals surface area contributed by atoms with Crippen LogP contribution in [0.3, 0.4) is 0 Å². The van der Waals surface area contributed by atoms with Gasteiger partial charge in [0.05, 0.1) is 6.54 Å². The van der Waals surface area contributed by atoms with Crippen molar-refractivity contribution in [3.8, 4) is 0 Å². The van der Waals surface area contributed by atoms with E-state index in [-0.39, 0.29) is 24.7 Å². The highest BCUT2D eigenvalue weighted by molar-refractivity contribution is 5.74. The predicted molar refractivity (Wildman–Crippen MR) is 82.2 cm³/mol. The van der Waals surface area contributed by atoms with Crippen LogP contribution in [-0.2, 0) is 0 Å². The summed E-state index contributed by atoms with van der Waals surface area (Å²) in [6, 6.07) is 0.690. The molecular weight excluding hydrogens is 290 g/mol. The number of hydrogen-bond acceptors (Lipinski definition) is 3. The summed E-state index contributed by atoms with van der Waals surface area (Å²) in [7, 11) is 0. The third-order valence-corrected chi connectivity index (χ3v) is 4.60. The molecule has 2 aliphatic rings. The first-order valence-electron chi connectivity index (χ1n) is 8.25. The summed E-state index contributed by atoms with van der Waals surface area (Å²) in [5.41, 5.74) is 0. The number of carbonyl (C=O) groups is 1. The maximum atomic E-state index is 12.3. The Bertz CT molecular complexity index is 359. The number of hydrogen-bond donors (Lipinski definition) is 2. The standard InChI is InChI=1S/C15H28F2N4O/c1-11(2)21-8-5-13(9-21)19-15(22)18-12-3-6-20(7-4-12)10-14(16)17/h11-14H,3-10H2,1-2H3,(H2,18,19,22)/t13-/m1/s1. The van der Waals surface area contributed by atoms with Gasteiger partial charge in [-0.15, -0.1) is 0 Å². The van der Waals surface area contributed by atoms with E-state index in [4.69, 9.17) is 0 Å². The zero-order valence-corrected chi connectivity index (χ0v) is 13.5. The van der Waals surface area contributed by atoms with E-state index in [0.29, 0.717) is 19.1 Å². The number of amides is 2. The SMILES string of the molecule is CC(C)N1CC[C@@H](NC(=O)NC2CCN(CC(F)F)CC2)C1. The quantitative estimate of drug-likeness (QED) is 0.807. The van der Waals surface area contributed by atoms with Crippen molar-refractivity contribution < 1.29 is 13.6 Å². The van der Waals surface area contributed by atoms with Crippen LogP contribution in [0.4, 0.5) is 13.6 Å². The van der Waals surface area contributed by atoms with Crippen LogP contribution in [0, 0.1) is 0 Å². The molecule has 2 amide bonds. The maximum Gasteiger partial charge on any atom is 0.315 e. The van der Waals surface area contributed by atoms with Crippen molar-refractivity contribution in [3.05, 3.63) is 0 Å². The van der Waals surface area contributed by atoms with E-state index in [9.17, 15) is 13.6 Å². The van der Waals surface area contributed by atoms with Gasteiger partial charge in [-0.05, 0) is 33.1 Å². The zero-order valence-electron chi connectivity index (χ0n) is 13.5. The first-order valence-corrected chi connectivity index (χ1v) is 8.25. The van der Waals surface area contributed by atoms with Crippen molar-refractivity contribution in [1.82, 2.24) is 20.4 Å². The molecule has 0 aromatic heterocycles. The van der Waals surface area contributed by atoms with Crippen LogP contribution in [0.2, 0.25) is 0 Å². The topological polar surface area (TPSA) is 47.6 Å². The number of piperidine rings is 1. The highest BCUT2D eigenvalue weighted by atomic mass is 19.3. The summed E-state index contributed by atoms with van der Waals surface area (Å²) >= 11 is 0. The number of carbonyl (C=O) groups excluding carboxylic acids is 1. The molecule has 2 rings (SSSR count). The van der Waals surface area contributed by atoms with E-state index >= 15 is 0 Å². The van der Waals surface area contributed by atoms with Crippen molar-refractivity contribution in [2.75, 3.05) is 32.7 Å². The summed E-state index contributed by atoms with van der Waals surface area (Å²) in [5, 5.41) is 6.01. The second-order valence-corrected chi connectivity index (χ2v) is 6.66. The Morgan fingerprint density at radius 2 is 1.68 bits per heavy atom. The lowest BCUT2D eigenvalue weighted by molar-refractivity contribution is 0.0736. The third-order valence-electron chi connectivity index (χ3n) is 4.60. The number of urea groups is 1. The van der Waals surface area contributed by atoms with Gasteiger partial charge in [-0.1, -0.05) is 0 Å². The molecule has 2 aliphatic heterocycles. The minimum Gasteiger partial charge on any atom is -0.335 e. The highest BCUT2D eigenvalue weighted by Crippen LogP contribution is 2.14. The Labute approximate surface area is 131 Å². The molecule has 2 N–H and O–H groups in total. The fourth-order valence-corrected chi connectivity index (χ4v) is 3.24. The van der Waals surface area contributed by atoms with Gasteiger partial charge in [-0.3, -0.25) is 9.80 Å². The van der Waals surface area contributed by atoms with Crippen LogP contribution in [0.15, 0.2) is 0 Å². The molecule has 0 bridgehead atoms. The van der Waals surface area contributed by atoms with Gasteiger partial charge in [-0.2, -0.15) is 0 Å². The number of nitrogens with zero attached hydrogens (tertiary/aromatic N) is 2. The van der Waals surface area contributed by atoms with E-state index in [0.717, 1.165) is 32.4 Å². The van der Waals surface area contributed by atoms with Gasteiger partial charge < -0.3 is 10.6 Å². The average Bonchev–Trinajstić information content (AvgIpc) is 2.89. The number of halogens is 2. The van der Waals surface area contributed by atoms with E-state index in [2.05, 4.69) is 29.4 Å². The lowest BCUT2D eigenvalue weighted by Gasteiger charge is -2.32. The fraction of sp³-hybridized carbons (Fsp3) is 0.933. The highest BCUT2D eigenvalue weighted by Gasteiger charge is 2.27. The lowest BCUT2D eigenvalue weighted by Crippen LogP contribution is -2.51. The van der Waals surface area contributed by atoms with Crippen molar-refractivity contribution in [3.63, 3.8) is 0 Å². The Morgan fingerprint density at radius 3 is 2.23 bits per heavy atom. The summed E-state index contributed by atoms with van der Waals surface area (Å²) in [6.07, 6.45) is 0.184. The van der Waals surface area contributed by atoms with Crippen molar-refractivity contribution in [1.29, 1.82) is 0 Å². The van der Waals surface area contributed by atoms with Gasteiger partial charge in [0.2, 0.25) is 0 Å². The van der Waals surface area contributed by atoms with E-state index in [1.807, 2.05) is 0 Å². The van der Waals surface area contributed by atoms with Crippen LogP contribution in [0.1, 0.15) is 33.1 Å². The predicted octanol–water partition coefficient (Wildman–Crippen LogP) is 1.50. The summed E-state index contributed by atoms with van der Waals surface area (Å²) in [6.45, 7) is 7.34. The summed E-state index contributed by atoms with van der Waals surface area (Å²) in [5.74, 6) is 0. The van der Waals surface area contributed by atoms with Crippen molar-refractivity contribution >= 4 is 6.03 Å². The Kier molecular flexibility index (Phi) is 6.37. The normalized spacial score (nSPS) is 25.1. The molecule has 22 heavy (non-hydrogen) atoms. The zero-order chi connectivity index (χ0) is 16.1. The molecule has 2 fully saturated rings. The number of rotatable bonds is 5. The van der Waals surface area contributed by atoms with Crippen LogP contribution < -0.4 is 10.6 Å². The van der Waals surface area contributed by atoms with Crippen LogP contribution in [0.5, 0.6) is 0 Å². The summed E-state index contributed by atoms with van der Waals surface area (Å²) < 4.78 is 24.6. The van der Waals surface area contributed by atoms with Gasteiger partial charge in [-0.25, -0.2) is 13.6 Å². The molecule has 0 aliphatic carbocycles. The van der Waals surface area contributed by atoms with Gasteiger partial charge >= 0.3 is 6.03 Å². The largest absolute Gasteiger partial charge is 0.335 e. The van der Waals surface area contributed by atoms with Gasteiger partial charge in [0.15, 0.2) is 0 Å². The molecule has 0 aromatic carbocycles. The second-order valence-electron chi connectivity index (χ2n) is 6.66. The number of nitrogens with one attached hydrogen (secondary N) is 2. The average molecular weight is 318 g/mol. The van der Waals surface area contributed by atoms with E-state index in [1.54, 1.807) is 4.90 Å². The molecule has 2 heterocycles. The molecular formula is C15H28F2N4O. The summed E-state index contributed by atoms with van der Waals surface area (Å²) in [4.78, 5) is 16.1. The minimum atomic E-state index is -2.28. The van der Waals surface area contributed by atoms with Gasteiger partial charge in [0.25, 0.3) is 6.43 Å². The monoisotopic (exact) mass is 318 g/mol. The Balaban J connectivity index is 1.64. The van der Waals surface area contributed by atoms with Gasteiger partial charge in [0.1, 0.15) is 0 Å². The van der Waals surface area contributed by atoms with Crippen molar-refractivity contribution in [2.45, 2.75) is 57.7 Å². The lowest BCUT2D eigenvalue weighted by atomic mass is 10.1. The molecule has 128 valence electrons. The van der Waals surface area contributed by atoms with Crippen LogP contribution in [0.25, 0.3) is 0 Å². The molecule has 0 unspecified atom stereocenters. The van der Waals surface area contributed by atoms with Crippen LogP contribution >= 0.6 is 0 Å². The molecule has 0 saturated carbocycles. The molecule has 0 radical (unpaired) electrons. The molecule has 0 spiro atoms. The minimum absolute atomic E-state index is 0.0940. The fourth-order valence-electron chi connectivity index (χ4n) is 3.24. The molecule has 2 saturated heterocycles. The Morgan fingerprint density at radius 1 is 1.09 bits per heavy atom. The molecule has 1 atom stereocenters. The third kappa shape index (κ3) is 5.35. The van der Waals surface area contributed by atoms with Crippen molar-refractivity contribution in [2.24, 2.45) is 0 Å². The van der Waals surface area contributed by atoms with Crippen LogP contribution in [-0.4, -0.2) is 73.1 Å². The number of likely N-dealkylation sites (tertiary alicyclic amines) is 2. The Hall–Kier alpha value is -0.950. The first-order chi connectivity index (χ1) is 10.4. The van der Waals surface area contributed by atoms with Gasteiger partial charge in [0, 0.05) is 44.3 Å². The number of alkyl halides is 2.